The molecule has 0 radical (unpaired) electrons. The molecule has 134 valence electrons. The smallest absolute Gasteiger partial charge is 0.186 e. The van der Waals surface area contributed by atoms with Crippen molar-refractivity contribution in [3.8, 4) is 0 Å². The Hall–Kier alpha value is -0.620. The maximum Gasteiger partial charge on any atom is 0.186 e. The number of hydrogen-bond donors (Lipinski definition) is 7. The first-order valence-electron chi connectivity index (χ1n) is 7.47. The van der Waals surface area contributed by atoms with E-state index in [2.05, 4.69) is 5.32 Å². The molecule has 23 heavy (non-hydrogen) atoms. The van der Waals surface area contributed by atoms with Gasteiger partial charge in [-0.15, -0.1) is 0 Å². The lowest BCUT2D eigenvalue weighted by Crippen LogP contribution is -2.66. The summed E-state index contributed by atoms with van der Waals surface area (Å²) in [5.41, 5.74) is 0.162. The maximum absolute atomic E-state index is 10.2. The van der Waals surface area contributed by atoms with E-state index in [1.807, 2.05) is 0 Å². The van der Waals surface area contributed by atoms with Crippen LogP contribution in [0.3, 0.4) is 0 Å². The van der Waals surface area contributed by atoms with E-state index < -0.39 is 61.6 Å². The molecule has 7 N–H and O–H groups in total. The Labute approximate surface area is 133 Å². The van der Waals surface area contributed by atoms with E-state index >= 15 is 0 Å². The molecule has 1 aliphatic carbocycles. The first-order valence-corrected chi connectivity index (χ1v) is 7.47. The van der Waals surface area contributed by atoms with E-state index in [1.165, 1.54) is 13.2 Å². The van der Waals surface area contributed by atoms with Gasteiger partial charge < -0.3 is 45.4 Å². The molecule has 0 spiro atoms. The quantitative estimate of drug-likeness (QED) is 0.259. The Bertz CT molecular complexity index is 433. The summed E-state index contributed by atoms with van der Waals surface area (Å²) in [5.74, 6) is 0. The van der Waals surface area contributed by atoms with Crippen LogP contribution in [0.1, 0.15) is 6.92 Å². The van der Waals surface area contributed by atoms with Crippen LogP contribution in [-0.2, 0) is 9.47 Å². The van der Waals surface area contributed by atoms with E-state index in [-0.39, 0.29) is 5.57 Å². The summed E-state index contributed by atoms with van der Waals surface area (Å²) in [6, 6.07) is -1.60. The fourth-order valence-electron chi connectivity index (χ4n) is 3.02. The Morgan fingerprint density at radius 3 is 2.30 bits per heavy atom. The van der Waals surface area contributed by atoms with Crippen LogP contribution in [0.4, 0.5) is 0 Å². The predicted octanol–water partition coefficient (Wildman–Crippen LogP) is -3.56. The third kappa shape index (κ3) is 3.58. The number of hydrogen-bond acceptors (Lipinski definition) is 9. The molecule has 0 aromatic carbocycles. The van der Waals surface area contributed by atoms with E-state index in [0.717, 1.165) is 0 Å². The second-order valence-electron chi connectivity index (χ2n) is 5.97. The zero-order valence-corrected chi connectivity index (χ0v) is 13.0. The molecule has 5 unspecified atom stereocenters. The second-order valence-corrected chi connectivity index (χ2v) is 5.97. The molecule has 2 rings (SSSR count). The summed E-state index contributed by atoms with van der Waals surface area (Å²) < 4.78 is 10.4. The lowest BCUT2D eigenvalue weighted by atomic mass is 9.86. The van der Waals surface area contributed by atoms with Crippen molar-refractivity contribution in [2.24, 2.45) is 0 Å². The first kappa shape index (κ1) is 18.7. The topological polar surface area (TPSA) is 152 Å². The molecule has 1 heterocycles. The Balaban J connectivity index is 2.15. The van der Waals surface area contributed by atoms with Crippen LogP contribution < -0.4 is 5.32 Å². The zero-order valence-electron chi connectivity index (χ0n) is 13.0. The van der Waals surface area contributed by atoms with Gasteiger partial charge in [-0.3, -0.25) is 0 Å². The van der Waals surface area contributed by atoms with Crippen molar-refractivity contribution in [3.05, 3.63) is 11.6 Å². The van der Waals surface area contributed by atoms with Crippen molar-refractivity contribution in [3.63, 3.8) is 0 Å². The molecule has 0 bridgehead atoms. The van der Waals surface area contributed by atoms with Crippen molar-refractivity contribution >= 4 is 0 Å². The Morgan fingerprint density at radius 1 is 1.09 bits per heavy atom. The minimum Gasteiger partial charge on any atom is -0.392 e. The molecule has 9 atom stereocenters. The monoisotopic (exact) mass is 335 g/mol. The lowest BCUT2D eigenvalue weighted by Gasteiger charge is -2.44. The van der Waals surface area contributed by atoms with Crippen molar-refractivity contribution < 1.29 is 40.1 Å². The van der Waals surface area contributed by atoms with E-state index in [1.54, 1.807) is 6.92 Å². The highest BCUT2D eigenvalue weighted by atomic mass is 16.7. The molecule has 9 nitrogen and oxygen atoms in total. The van der Waals surface area contributed by atoms with Gasteiger partial charge in [0.15, 0.2) is 6.29 Å². The maximum atomic E-state index is 10.2. The summed E-state index contributed by atoms with van der Waals surface area (Å²) in [6.45, 7) is 1.19. The predicted molar refractivity (Wildman–Crippen MR) is 77.3 cm³/mol. The van der Waals surface area contributed by atoms with Crippen molar-refractivity contribution in [2.75, 3.05) is 13.7 Å². The number of methoxy groups -OCH3 is 1. The SMILES string of the molecule is COC1O[C@H](C)C(NC2C=C(CO)[C@@H](O)C(O)[C@H]2O)[C@H](O)C1O. The van der Waals surface area contributed by atoms with Crippen LogP contribution in [0.25, 0.3) is 0 Å². The first-order chi connectivity index (χ1) is 10.8. The molecule has 1 fully saturated rings. The van der Waals surface area contributed by atoms with Crippen molar-refractivity contribution in [1.29, 1.82) is 0 Å². The Kier molecular flexibility index (Phi) is 6.11. The molecule has 0 saturated carbocycles. The summed E-state index contributed by atoms with van der Waals surface area (Å²) >= 11 is 0. The van der Waals surface area contributed by atoms with Crippen LogP contribution >= 0.6 is 0 Å². The summed E-state index contributed by atoms with van der Waals surface area (Å²) in [4.78, 5) is 0. The van der Waals surface area contributed by atoms with E-state index in [9.17, 15) is 30.6 Å². The molecule has 2 aliphatic rings. The zero-order chi connectivity index (χ0) is 17.3. The number of nitrogens with one attached hydrogen (secondary N) is 1. The van der Waals surface area contributed by atoms with Crippen LogP contribution in [0, 0.1) is 0 Å². The average molecular weight is 335 g/mol. The van der Waals surface area contributed by atoms with Gasteiger partial charge >= 0.3 is 0 Å². The van der Waals surface area contributed by atoms with Gasteiger partial charge in [-0.25, -0.2) is 0 Å². The highest BCUT2D eigenvalue weighted by Gasteiger charge is 2.45. The van der Waals surface area contributed by atoms with Gasteiger partial charge in [0, 0.05) is 7.11 Å². The highest BCUT2D eigenvalue weighted by molar-refractivity contribution is 5.22. The molecule has 0 aromatic heterocycles. The molecule has 9 heteroatoms. The van der Waals surface area contributed by atoms with Crippen molar-refractivity contribution in [1.82, 2.24) is 5.32 Å². The second kappa shape index (κ2) is 7.51. The summed E-state index contributed by atoms with van der Waals surface area (Å²) in [6.07, 6.45) is -6.83. The van der Waals surface area contributed by atoms with Gasteiger partial charge in [-0.05, 0) is 12.5 Å². The van der Waals surface area contributed by atoms with E-state index in [0.29, 0.717) is 0 Å². The summed E-state index contributed by atoms with van der Waals surface area (Å²) in [7, 11) is 1.35. The van der Waals surface area contributed by atoms with Crippen LogP contribution in [0.5, 0.6) is 0 Å². The molecule has 1 saturated heterocycles. The minimum absolute atomic E-state index is 0.162. The minimum atomic E-state index is -1.48. The standard InChI is InChI=1S/C14H25NO8/c1-5-8(11(19)13(21)14(22-2)23-5)15-7-3-6(4-16)9(17)12(20)10(7)18/h3,5,7-21H,4H2,1-2H3/t5-,7?,8?,9-,10+,11+,12?,13?,14?/m1/s1. The van der Waals surface area contributed by atoms with Crippen LogP contribution in [0.15, 0.2) is 11.6 Å². The third-order valence-electron chi connectivity index (χ3n) is 4.47. The fraction of sp³-hybridized carbons (Fsp3) is 0.857. The number of ether oxygens (including phenoxy) is 2. The largest absolute Gasteiger partial charge is 0.392 e. The van der Waals surface area contributed by atoms with Gasteiger partial charge in [-0.2, -0.15) is 0 Å². The highest BCUT2D eigenvalue weighted by Crippen LogP contribution is 2.25. The Morgan fingerprint density at radius 2 is 1.74 bits per heavy atom. The molecule has 0 amide bonds. The average Bonchev–Trinajstić information content (AvgIpc) is 2.54. The molecule has 1 aliphatic heterocycles. The summed E-state index contributed by atoms with van der Waals surface area (Å²) in [5, 5.41) is 62.0. The normalized spacial score (nSPS) is 48.2. The molecular formula is C14H25NO8. The number of aliphatic hydroxyl groups is 6. The van der Waals surface area contributed by atoms with Crippen LogP contribution in [0.2, 0.25) is 0 Å². The number of rotatable bonds is 4. The van der Waals surface area contributed by atoms with Gasteiger partial charge in [0.25, 0.3) is 0 Å². The molecule has 0 aromatic rings. The van der Waals surface area contributed by atoms with Gasteiger partial charge in [0.2, 0.25) is 0 Å². The van der Waals surface area contributed by atoms with Crippen molar-refractivity contribution in [2.45, 2.75) is 61.9 Å². The van der Waals surface area contributed by atoms with Crippen LogP contribution in [-0.4, -0.2) is 99.4 Å². The van der Waals surface area contributed by atoms with E-state index in [4.69, 9.17) is 9.47 Å². The van der Waals surface area contributed by atoms with Gasteiger partial charge in [-0.1, -0.05) is 6.08 Å². The molecular weight excluding hydrogens is 310 g/mol. The third-order valence-corrected chi connectivity index (χ3v) is 4.47. The lowest BCUT2D eigenvalue weighted by molar-refractivity contribution is -0.265. The fourth-order valence-corrected chi connectivity index (χ4v) is 3.02. The number of aliphatic hydroxyl groups excluding tert-OH is 6. The van der Waals surface area contributed by atoms with Gasteiger partial charge in [0.05, 0.1) is 24.8 Å². The van der Waals surface area contributed by atoms with Gasteiger partial charge in [0.1, 0.15) is 30.5 Å².